The summed E-state index contributed by atoms with van der Waals surface area (Å²) in [6.07, 6.45) is -3.41. The maximum atomic E-state index is 13.2. The molecule has 1 amide bonds. The van der Waals surface area contributed by atoms with E-state index in [4.69, 9.17) is 21.7 Å². The number of carboxylic acids is 1. The largest absolute Gasteiger partial charge is 0.481 e. The normalized spacial score (nSPS) is 16.2. The van der Waals surface area contributed by atoms with Gasteiger partial charge in [0.15, 0.2) is 0 Å². The van der Waals surface area contributed by atoms with Crippen molar-refractivity contribution in [3.63, 3.8) is 0 Å². The lowest BCUT2D eigenvalue weighted by atomic mass is 10.1. The second-order valence-electron chi connectivity index (χ2n) is 5.72. The smallest absolute Gasteiger partial charge is 0.417 e. The van der Waals surface area contributed by atoms with Crippen LogP contribution in [0.4, 0.5) is 13.2 Å². The lowest BCUT2D eigenvalue weighted by Gasteiger charge is -2.12. The lowest BCUT2D eigenvalue weighted by molar-refractivity contribution is -0.138. The van der Waals surface area contributed by atoms with E-state index >= 15 is 0 Å². The van der Waals surface area contributed by atoms with Gasteiger partial charge in [-0.05, 0) is 18.2 Å². The number of aliphatic carboxylic acids is 1. The van der Waals surface area contributed by atoms with Crippen LogP contribution in [0.15, 0.2) is 45.7 Å². The average Bonchev–Trinajstić information content (AvgIpc) is 3.18. The molecular weight excluding hydrogens is 415 g/mol. The highest BCUT2D eigenvalue weighted by Gasteiger charge is 2.34. The molecule has 0 saturated carbocycles. The molecule has 10 heteroatoms. The van der Waals surface area contributed by atoms with E-state index in [1.807, 2.05) is 0 Å². The highest BCUT2D eigenvalue weighted by molar-refractivity contribution is 8.26. The Hall–Kier alpha value is -2.59. The van der Waals surface area contributed by atoms with Gasteiger partial charge in [0.1, 0.15) is 15.8 Å². The molecular formula is C18H12F3NO4S2. The van der Waals surface area contributed by atoms with Crippen LogP contribution in [0.2, 0.25) is 0 Å². The van der Waals surface area contributed by atoms with Crippen molar-refractivity contribution in [3.05, 3.63) is 52.6 Å². The third kappa shape index (κ3) is 4.28. The van der Waals surface area contributed by atoms with Crippen LogP contribution < -0.4 is 0 Å². The summed E-state index contributed by atoms with van der Waals surface area (Å²) >= 11 is 6.06. The molecule has 1 fully saturated rings. The minimum Gasteiger partial charge on any atom is -0.481 e. The fraction of sp³-hybridized carbons (Fsp3) is 0.167. The summed E-state index contributed by atoms with van der Waals surface area (Å²) in [7, 11) is 0. The van der Waals surface area contributed by atoms with Gasteiger partial charge in [-0.2, -0.15) is 13.2 Å². The van der Waals surface area contributed by atoms with E-state index in [0.717, 1.165) is 17.8 Å². The number of nitrogens with zero attached hydrogens (tertiary/aromatic N) is 1. The molecule has 5 nitrogen and oxygen atoms in total. The molecule has 2 aromatic rings. The Balaban J connectivity index is 1.85. The molecule has 0 aliphatic carbocycles. The molecule has 1 aliphatic rings. The summed E-state index contributed by atoms with van der Waals surface area (Å²) in [6, 6.07) is 7.87. The molecule has 28 heavy (non-hydrogen) atoms. The number of alkyl halides is 3. The quantitative estimate of drug-likeness (QED) is 0.554. The number of furan rings is 1. The van der Waals surface area contributed by atoms with Crippen molar-refractivity contribution in [2.75, 3.05) is 6.54 Å². The van der Waals surface area contributed by atoms with Crippen molar-refractivity contribution < 1.29 is 32.3 Å². The molecule has 0 atom stereocenters. The van der Waals surface area contributed by atoms with Gasteiger partial charge < -0.3 is 9.52 Å². The molecule has 1 aromatic heterocycles. The lowest BCUT2D eigenvalue weighted by Crippen LogP contribution is -2.30. The first-order chi connectivity index (χ1) is 13.2. The summed E-state index contributed by atoms with van der Waals surface area (Å²) in [6.45, 7) is -0.0559. The maximum absolute atomic E-state index is 13.2. The second-order valence-corrected chi connectivity index (χ2v) is 7.40. The van der Waals surface area contributed by atoms with Gasteiger partial charge in [-0.15, -0.1) is 0 Å². The van der Waals surface area contributed by atoms with Crippen LogP contribution in [0.25, 0.3) is 17.4 Å². The summed E-state index contributed by atoms with van der Waals surface area (Å²) in [4.78, 5) is 24.4. The van der Waals surface area contributed by atoms with E-state index in [1.165, 1.54) is 41.3 Å². The van der Waals surface area contributed by atoms with Gasteiger partial charge in [0.25, 0.3) is 5.91 Å². The van der Waals surface area contributed by atoms with Crippen LogP contribution in [0, 0.1) is 0 Å². The predicted molar refractivity (Wildman–Crippen MR) is 101 cm³/mol. The Bertz CT molecular complexity index is 981. The van der Waals surface area contributed by atoms with Crippen molar-refractivity contribution in [3.8, 4) is 11.3 Å². The number of carboxylic acid groups (broad SMARTS) is 1. The number of carbonyl (C=O) groups is 2. The number of rotatable bonds is 5. The SMILES string of the molecule is O=C(O)CCN1C(=O)/C(=C\c2ccc(-c3ccccc3C(F)(F)F)o2)SC1=S. The second kappa shape index (κ2) is 7.80. The zero-order chi connectivity index (χ0) is 20.5. The zero-order valence-electron chi connectivity index (χ0n) is 14.0. The van der Waals surface area contributed by atoms with Crippen LogP contribution >= 0.6 is 24.0 Å². The van der Waals surface area contributed by atoms with E-state index < -0.39 is 23.6 Å². The van der Waals surface area contributed by atoms with Gasteiger partial charge in [-0.25, -0.2) is 0 Å². The highest BCUT2D eigenvalue weighted by Crippen LogP contribution is 2.38. The van der Waals surface area contributed by atoms with Gasteiger partial charge in [0.2, 0.25) is 0 Å². The molecule has 2 heterocycles. The first kappa shape index (κ1) is 20.2. The number of thiocarbonyl (C=S) groups is 1. The van der Waals surface area contributed by atoms with Gasteiger partial charge >= 0.3 is 12.1 Å². The summed E-state index contributed by atoms with van der Waals surface area (Å²) in [5.74, 6) is -1.33. The Kier molecular flexibility index (Phi) is 5.61. The van der Waals surface area contributed by atoms with Crippen molar-refractivity contribution in [2.45, 2.75) is 12.6 Å². The zero-order valence-corrected chi connectivity index (χ0v) is 15.7. The number of hydrogen-bond acceptors (Lipinski definition) is 5. The van der Waals surface area contributed by atoms with Crippen molar-refractivity contribution in [2.24, 2.45) is 0 Å². The Morgan fingerprint density at radius 1 is 1.25 bits per heavy atom. The van der Waals surface area contributed by atoms with Crippen LogP contribution in [0.5, 0.6) is 0 Å². The Labute approximate surface area is 166 Å². The van der Waals surface area contributed by atoms with Gasteiger partial charge in [-0.3, -0.25) is 14.5 Å². The fourth-order valence-electron chi connectivity index (χ4n) is 2.55. The number of benzene rings is 1. The molecule has 1 saturated heterocycles. The molecule has 1 aromatic carbocycles. The number of thioether (sulfide) groups is 1. The molecule has 0 bridgehead atoms. The number of amides is 1. The Morgan fingerprint density at radius 3 is 2.64 bits per heavy atom. The predicted octanol–water partition coefficient (Wildman–Crippen LogP) is 4.64. The van der Waals surface area contributed by atoms with Gasteiger partial charge in [0.05, 0.1) is 16.9 Å². The molecule has 1 aliphatic heterocycles. The van der Waals surface area contributed by atoms with Gasteiger partial charge in [0, 0.05) is 18.2 Å². The van der Waals surface area contributed by atoms with Crippen molar-refractivity contribution in [1.82, 2.24) is 4.90 Å². The number of hydrogen-bond donors (Lipinski definition) is 1. The van der Waals surface area contributed by atoms with Gasteiger partial charge in [-0.1, -0.05) is 42.2 Å². The minimum atomic E-state index is -4.53. The number of carbonyl (C=O) groups excluding carboxylic acids is 1. The standard InChI is InChI=1S/C18H12F3NO4S2/c19-18(20,21)12-4-2-1-3-11(12)13-6-5-10(26-13)9-14-16(25)22(17(27)28-14)8-7-15(23)24/h1-6,9H,7-8H2,(H,23,24)/b14-9+. The van der Waals surface area contributed by atoms with Crippen LogP contribution in [0.1, 0.15) is 17.7 Å². The molecule has 0 spiro atoms. The average molecular weight is 427 g/mol. The molecule has 1 N–H and O–H groups in total. The van der Waals surface area contributed by atoms with Crippen LogP contribution in [-0.4, -0.2) is 32.7 Å². The first-order valence-corrected chi connectivity index (χ1v) is 9.13. The minimum absolute atomic E-state index is 0.0144. The monoisotopic (exact) mass is 427 g/mol. The highest BCUT2D eigenvalue weighted by atomic mass is 32.2. The molecule has 3 rings (SSSR count). The van der Waals surface area contributed by atoms with Crippen LogP contribution in [-0.2, 0) is 15.8 Å². The first-order valence-electron chi connectivity index (χ1n) is 7.90. The third-order valence-electron chi connectivity index (χ3n) is 3.82. The summed E-state index contributed by atoms with van der Waals surface area (Å²) < 4.78 is 45.2. The fourth-order valence-corrected chi connectivity index (χ4v) is 3.84. The maximum Gasteiger partial charge on any atom is 0.417 e. The van der Waals surface area contributed by atoms with Crippen LogP contribution in [0.3, 0.4) is 0 Å². The molecule has 0 unspecified atom stereocenters. The number of halogens is 3. The molecule has 146 valence electrons. The Morgan fingerprint density at radius 2 is 1.96 bits per heavy atom. The molecule has 0 radical (unpaired) electrons. The van der Waals surface area contributed by atoms with Crippen molar-refractivity contribution in [1.29, 1.82) is 0 Å². The third-order valence-corrected chi connectivity index (χ3v) is 5.20. The van der Waals surface area contributed by atoms with E-state index in [9.17, 15) is 22.8 Å². The van der Waals surface area contributed by atoms with E-state index in [2.05, 4.69) is 0 Å². The summed E-state index contributed by atoms with van der Waals surface area (Å²) in [5, 5.41) is 8.74. The van der Waals surface area contributed by atoms with E-state index in [0.29, 0.717) is 0 Å². The topological polar surface area (TPSA) is 70.8 Å². The van der Waals surface area contributed by atoms with E-state index in [1.54, 1.807) is 0 Å². The van der Waals surface area contributed by atoms with Crippen molar-refractivity contribution >= 4 is 46.3 Å². The summed E-state index contributed by atoms with van der Waals surface area (Å²) in [5.41, 5.74) is -0.931. The van der Waals surface area contributed by atoms with E-state index in [-0.39, 0.29) is 39.3 Å².